The van der Waals surface area contributed by atoms with Crippen LogP contribution < -0.4 is 0 Å². The molecule has 1 N–H and O–H groups in total. The molecule has 0 fully saturated rings. The van der Waals surface area contributed by atoms with Crippen LogP contribution in [0.1, 0.15) is 0 Å². The van der Waals surface area contributed by atoms with Gasteiger partial charge in [0.1, 0.15) is 5.75 Å². The fourth-order valence-corrected chi connectivity index (χ4v) is 7.77. The maximum Gasteiger partial charge on any atom is 0.125 e. The zero-order valence-corrected chi connectivity index (χ0v) is 32.9. The summed E-state index contributed by atoms with van der Waals surface area (Å²) in [6.45, 7) is 0. The van der Waals surface area contributed by atoms with E-state index in [1.165, 1.54) is 16.3 Å². The minimum atomic E-state index is 0. The number of aromatic nitrogens is 3. The summed E-state index contributed by atoms with van der Waals surface area (Å²) in [5.41, 5.74) is 14.3. The zero-order valence-electron chi connectivity index (χ0n) is 30.7. The van der Waals surface area contributed by atoms with Crippen LogP contribution in [0.15, 0.2) is 200 Å². The number of rotatable bonds is 7. The van der Waals surface area contributed by atoms with Crippen molar-refractivity contribution in [3.05, 3.63) is 206 Å². The number of benzene rings is 7. The first kappa shape index (κ1) is 35.8. The Morgan fingerprint density at radius 3 is 1.81 bits per heavy atom. The largest absolute Gasteiger partial charge is 0.507 e. The fraction of sp³-hybridized carbons (Fsp3) is 0. The number of fused-ring (bicyclic) bond motifs is 3. The predicted octanol–water partition coefficient (Wildman–Crippen LogP) is 13.1. The van der Waals surface area contributed by atoms with Crippen molar-refractivity contribution >= 4 is 21.8 Å². The van der Waals surface area contributed by atoms with Crippen molar-refractivity contribution in [2.24, 2.45) is 0 Å². The van der Waals surface area contributed by atoms with Gasteiger partial charge in [0.25, 0.3) is 0 Å². The maximum atomic E-state index is 11.4. The Hall–Kier alpha value is -6.87. The molecule has 10 rings (SSSR count). The number of hydrogen-bond acceptors (Lipinski definition) is 3. The molecule has 4 nitrogen and oxygen atoms in total. The summed E-state index contributed by atoms with van der Waals surface area (Å²) in [5, 5.41) is 13.8. The first-order valence-corrected chi connectivity index (χ1v) is 18.7. The Morgan fingerprint density at radius 1 is 0.439 bits per heavy atom. The number of aromatic hydroxyl groups is 1. The summed E-state index contributed by atoms with van der Waals surface area (Å²) in [4.78, 5) is 10.00. The fourth-order valence-electron chi connectivity index (χ4n) is 7.77. The number of pyridine rings is 2. The summed E-state index contributed by atoms with van der Waals surface area (Å²) >= 11 is 0. The normalized spacial score (nSPS) is 11.1. The molecule has 7 aromatic carbocycles. The van der Waals surface area contributed by atoms with Crippen LogP contribution >= 0.6 is 0 Å². The molecule has 0 saturated carbocycles. The molecule has 0 saturated heterocycles. The Morgan fingerprint density at radius 2 is 1.05 bits per heavy atom. The van der Waals surface area contributed by atoms with Crippen molar-refractivity contribution in [1.82, 2.24) is 14.5 Å². The molecule has 10 aromatic rings. The van der Waals surface area contributed by atoms with E-state index in [0.717, 1.165) is 67.1 Å². The van der Waals surface area contributed by atoms with Gasteiger partial charge in [0.2, 0.25) is 0 Å². The standard InChI is InChI=1S/C52H34N3O.Pt/c56-51-34-37(35-14-4-1-5-15-35)26-27-46(51)49-33-41(36-16-6-2-7-17-36)32-48(54-49)40-19-12-18-39(30-40)47-31-38(28-29-53-47)43-23-13-24-45-44-22-10-11-25-50(44)55(52(43)45)42-20-8-3-9-21-42;/h1-29,31-34,56H;/q-1;. The van der Waals surface area contributed by atoms with Gasteiger partial charge in [-0.2, -0.15) is 0 Å². The van der Waals surface area contributed by atoms with Gasteiger partial charge in [0.15, 0.2) is 0 Å². The predicted molar refractivity (Wildman–Crippen MR) is 229 cm³/mol. The molecule has 0 aliphatic carbocycles. The number of phenolic OH excluding ortho intramolecular Hbond substituents is 1. The molecule has 0 bridgehead atoms. The van der Waals surface area contributed by atoms with Gasteiger partial charge in [-0.25, -0.2) is 0 Å². The van der Waals surface area contributed by atoms with Crippen molar-refractivity contribution in [3.8, 4) is 78.6 Å². The molecule has 3 aromatic heterocycles. The minimum Gasteiger partial charge on any atom is -0.507 e. The molecule has 0 atom stereocenters. The number of hydrogen-bond donors (Lipinski definition) is 1. The van der Waals surface area contributed by atoms with E-state index in [-0.39, 0.29) is 26.8 Å². The second-order valence-electron chi connectivity index (χ2n) is 13.9. The molecule has 274 valence electrons. The molecular weight excluding hydrogens is 878 g/mol. The van der Waals surface area contributed by atoms with Crippen LogP contribution in [0.3, 0.4) is 0 Å². The van der Waals surface area contributed by atoms with Gasteiger partial charge in [-0.15, -0.1) is 24.3 Å². The average Bonchev–Trinajstić information content (AvgIpc) is 3.62. The van der Waals surface area contributed by atoms with Crippen LogP contribution in [0.25, 0.3) is 94.6 Å². The van der Waals surface area contributed by atoms with E-state index in [9.17, 15) is 5.11 Å². The van der Waals surface area contributed by atoms with E-state index in [0.29, 0.717) is 11.3 Å². The third kappa shape index (κ3) is 6.75. The quantitative estimate of drug-likeness (QED) is 0.162. The molecule has 0 aliphatic heterocycles. The smallest absolute Gasteiger partial charge is 0.125 e. The van der Waals surface area contributed by atoms with Crippen LogP contribution in [0.4, 0.5) is 0 Å². The molecule has 0 radical (unpaired) electrons. The van der Waals surface area contributed by atoms with Crippen LogP contribution in [0, 0.1) is 6.07 Å². The molecule has 3 heterocycles. The number of nitrogens with zero attached hydrogens (tertiary/aromatic N) is 3. The average molecular weight is 912 g/mol. The Bertz CT molecular complexity index is 3030. The topological polar surface area (TPSA) is 50.9 Å². The van der Waals surface area contributed by atoms with Crippen LogP contribution in [0.2, 0.25) is 0 Å². The third-order valence-corrected chi connectivity index (χ3v) is 10.4. The summed E-state index contributed by atoms with van der Waals surface area (Å²) in [7, 11) is 0. The van der Waals surface area contributed by atoms with Gasteiger partial charge in [-0.1, -0.05) is 145 Å². The minimum absolute atomic E-state index is 0. The summed E-state index contributed by atoms with van der Waals surface area (Å²) in [6, 6.07) is 70.0. The third-order valence-electron chi connectivity index (χ3n) is 10.4. The number of phenols is 1. The number of para-hydroxylation sites is 3. The van der Waals surface area contributed by atoms with Gasteiger partial charge in [-0.3, -0.25) is 9.97 Å². The van der Waals surface area contributed by atoms with Gasteiger partial charge >= 0.3 is 0 Å². The van der Waals surface area contributed by atoms with Crippen molar-refractivity contribution in [3.63, 3.8) is 0 Å². The Balaban J connectivity index is 0.00000422. The van der Waals surface area contributed by atoms with Crippen molar-refractivity contribution in [2.45, 2.75) is 0 Å². The first-order valence-electron chi connectivity index (χ1n) is 18.7. The summed E-state index contributed by atoms with van der Waals surface area (Å²) in [5.74, 6) is 0.176. The second kappa shape index (κ2) is 15.3. The summed E-state index contributed by atoms with van der Waals surface area (Å²) in [6.07, 6.45) is 1.88. The molecular formula is C52H34N3OPt-. The monoisotopic (exact) mass is 911 g/mol. The molecule has 0 amide bonds. The van der Waals surface area contributed by atoms with Crippen LogP contribution in [-0.2, 0) is 21.1 Å². The van der Waals surface area contributed by atoms with E-state index in [1.807, 2.05) is 97.2 Å². The Kier molecular flexibility index (Phi) is 9.64. The van der Waals surface area contributed by atoms with Crippen molar-refractivity contribution in [2.75, 3.05) is 0 Å². The van der Waals surface area contributed by atoms with Crippen molar-refractivity contribution in [1.29, 1.82) is 0 Å². The SMILES string of the molecule is Oc1cc(-c2ccccc2)ccc1-c1cc(-c2ccccc2)cc(-c2[c-]c(-c3cc(-c4cccc5c6ccccc6n(-c6ccccc6)c45)ccn3)ccc2)n1.[Pt]. The van der Waals surface area contributed by atoms with Crippen molar-refractivity contribution < 1.29 is 26.2 Å². The van der Waals surface area contributed by atoms with Crippen LogP contribution in [-0.4, -0.2) is 19.6 Å². The van der Waals surface area contributed by atoms with E-state index in [4.69, 9.17) is 9.97 Å². The molecule has 5 heteroatoms. The van der Waals surface area contributed by atoms with E-state index < -0.39 is 0 Å². The Labute approximate surface area is 345 Å². The van der Waals surface area contributed by atoms with E-state index in [1.54, 1.807) is 0 Å². The first-order chi connectivity index (χ1) is 27.7. The van der Waals surface area contributed by atoms with Gasteiger partial charge in [0, 0.05) is 66.2 Å². The van der Waals surface area contributed by atoms with E-state index in [2.05, 4.69) is 114 Å². The molecule has 0 unspecified atom stereocenters. The van der Waals surface area contributed by atoms with Gasteiger partial charge in [-0.05, 0) is 70.3 Å². The van der Waals surface area contributed by atoms with Gasteiger partial charge in [0.05, 0.1) is 16.7 Å². The van der Waals surface area contributed by atoms with E-state index >= 15 is 0 Å². The molecule has 0 aliphatic rings. The van der Waals surface area contributed by atoms with Gasteiger partial charge < -0.3 is 9.67 Å². The molecule has 57 heavy (non-hydrogen) atoms. The van der Waals surface area contributed by atoms with Crippen LogP contribution in [0.5, 0.6) is 5.75 Å². The second-order valence-corrected chi connectivity index (χ2v) is 13.9. The summed E-state index contributed by atoms with van der Waals surface area (Å²) < 4.78 is 2.36. The zero-order chi connectivity index (χ0) is 37.4. The molecule has 0 spiro atoms. The maximum absolute atomic E-state index is 11.4.